The standard InChI is InChI=1S/C40H48Cl2N4O4/c1-26(2)22-35(44-27(3)47)40(49)46-24-31-23-32(29-18-16-28(17-19-29)10-9-21-50-37-15-7-6-14-34(37)42)38(36(25-46)45-31)39(48)43-20-8-12-30-11-4-5-13-33(30)41/h4-7,11,13-19,26,31,35-36,45H,8-10,12,20-25H2,1-3H3,(H,43,48)(H,44,47)/t31-,35-,36-/m0/s1. The minimum Gasteiger partial charge on any atom is -0.492 e. The third kappa shape index (κ3) is 10.1. The van der Waals surface area contributed by atoms with Crippen molar-refractivity contribution >= 4 is 46.5 Å². The van der Waals surface area contributed by atoms with Crippen molar-refractivity contribution in [3.8, 4) is 5.75 Å². The first-order chi connectivity index (χ1) is 24.1. The van der Waals surface area contributed by atoms with Crippen molar-refractivity contribution in [1.82, 2.24) is 20.9 Å². The SMILES string of the molecule is CC(=O)N[C@@H](CC(C)C)C(=O)N1C[C@@H]2CC(c3ccc(CCCOc4ccccc4Cl)cc3)=C(C(=O)NCCCc3ccccc3Cl)[C@H](C1)N2. The molecule has 2 aliphatic rings. The predicted molar refractivity (Wildman–Crippen MR) is 200 cm³/mol. The lowest BCUT2D eigenvalue weighted by atomic mass is 9.82. The number of piperazine rings is 1. The van der Waals surface area contributed by atoms with Gasteiger partial charge in [-0.25, -0.2) is 0 Å². The maximum atomic E-state index is 14.0. The molecule has 2 heterocycles. The Kier molecular flexibility index (Phi) is 13.4. The second-order valence-corrected chi connectivity index (χ2v) is 14.5. The fourth-order valence-corrected chi connectivity index (χ4v) is 7.31. The summed E-state index contributed by atoms with van der Waals surface area (Å²) in [5, 5.41) is 11.0. The van der Waals surface area contributed by atoms with Crippen LogP contribution >= 0.6 is 23.2 Å². The van der Waals surface area contributed by atoms with Crippen LogP contribution in [0, 0.1) is 5.92 Å². The molecule has 0 aliphatic carbocycles. The molecule has 0 spiro atoms. The quantitative estimate of drug-likeness (QED) is 0.153. The van der Waals surface area contributed by atoms with Gasteiger partial charge in [0.15, 0.2) is 0 Å². The number of benzene rings is 3. The van der Waals surface area contributed by atoms with Crippen LogP contribution in [0.2, 0.25) is 10.0 Å². The van der Waals surface area contributed by atoms with Crippen LogP contribution in [0.3, 0.4) is 0 Å². The Balaban J connectivity index is 1.31. The lowest BCUT2D eigenvalue weighted by Crippen LogP contribution is -2.64. The first-order valence-electron chi connectivity index (χ1n) is 17.6. The zero-order valence-electron chi connectivity index (χ0n) is 29.1. The van der Waals surface area contributed by atoms with Crippen LogP contribution in [0.25, 0.3) is 5.57 Å². The largest absolute Gasteiger partial charge is 0.492 e. The molecule has 3 N–H and O–H groups in total. The van der Waals surface area contributed by atoms with Gasteiger partial charge in [-0.2, -0.15) is 0 Å². The first kappa shape index (κ1) is 37.4. The van der Waals surface area contributed by atoms with E-state index in [0.717, 1.165) is 47.4 Å². The number of hydrogen-bond acceptors (Lipinski definition) is 5. The Bertz CT molecular complexity index is 1680. The minimum absolute atomic E-state index is 0.0249. The summed E-state index contributed by atoms with van der Waals surface area (Å²) in [5.41, 5.74) is 4.91. The molecular weight excluding hydrogens is 671 g/mol. The monoisotopic (exact) mass is 718 g/mol. The Morgan fingerprint density at radius 1 is 0.920 bits per heavy atom. The molecule has 1 saturated heterocycles. The van der Waals surface area contributed by atoms with Gasteiger partial charge in [-0.15, -0.1) is 0 Å². The molecule has 3 atom stereocenters. The van der Waals surface area contributed by atoms with Gasteiger partial charge < -0.3 is 25.6 Å². The Morgan fingerprint density at radius 2 is 1.64 bits per heavy atom. The van der Waals surface area contributed by atoms with Crippen molar-refractivity contribution in [2.45, 2.75) is 77.4 Å². The highest BCUT2D eigenvalue weighted by Crippen LogP contribution is 2.34. The number of rotatable bonds is 15. The second-order valence-electron chi connectivity index (χ2n) is 13.7. The Morgan fingerprint density at radius 3 is 2.34 bits per heavy atom. The molecule has 2 aliphatic heterocycles. The van der Waals surface area contributed by atoms with Crippen LogP contribution in [0.15, 0.2) is 78.4 Å². The Hall–Kier alpha value is -3.85. The van der Waals surface area contributed by atoms with E-state index < -0.39 is 6.04 Å². The molecule has 266 valence electrons. The van der Waals surface area contributed by atoms with E-state index in [-0.39, 0.29) is 35.7 Å². The maximum Gasteiger partial charge on any atom is 0.249 e. The number of nitrogens with zero attached hydrogens (tertiary/aromatic N) is 1. The summed E-state index contributed by atoms with van der Waals surface area (Å²) in [7, 11) is 0. The second kappa shape index (κ2) is 17.9. The molecular formula is C40H48Cl2N4O4. The van der Waals surface area contributed by atoms with Gasteiger partial charge in [0.2, 0.25) is 17.7 Å². The number of para-hydroxylation sites is 1. The van der Waals surface area contributed by atoms with Gasteiger partial charge in [0.25, 0.3) is 0 Å². The van der Waals surface area contributed by atoms with E-state index in [4.69, 9.17) is 27.9 Å². The molecule has 0 aromatic heterocycles. The summed E-state index contributed by atoms with van der Waals surface area (Å²) in [4.78, 5) is 41.6. The number of carbonyl (C=O) groups is 3. The zero-order valence-corrected chi connectivity index (χ0v) is 30.7. The van der Waals surface area contributed by atoms with Crippen molar-refractivity contribution in [1.29, 1.82) is 0 Å². The van der Waals surface area contributed by atoms with Crippen molar-refractivity contribution in [2.24, 2.45) is 5.92 Å². The number of ether oxygens (including phenoxy) is 1. The summed E-state index contributed by atoms with van der Waals surface area (Å²) in [5.74, 6) is 0.458. The van der Waals surface area contributed by atoms with Crippen LogP contribution in [0.1, 0.15) is 63.1 Å². The van der Waals surface area contributed by atoms with Gasteiger partial charge in [-0.05, 0) is 84.9 Å². The molecule has 3 amide bonds. The molecule has 10 heteroatoms. The zero-order chi connectivity index (χ0) is 35.6. The molecule has 3 aromatic rings. The molecule has 5 rings (SSSR count). The lowest BCUT2D eigenvalue weighted by Gasteiger charge is -2.45. The number of aryl methyl sites for hydroxylation is 2. The van der Waals surface area contributed by atoms with Crippen LogP contribution in [0.4, 0.5) is 0 Å². The molecule has 8 nitrogen and oxygen atoms in total. The highest BCUT2D eigenvalue weighted by atomic mass is 35.5. The molecule has 3 aromatic carbocycles. The number of fused-ring (bicyclic) bond motifs is 2. The first-order valence-corrected chi connectivity index (χ1v) is 18.4. The lowest BCUT2D eigenvalue weighted by molar-refractivity contribution is -0.138. The summed E-state index contributed by atoms with van der Waals surface area (Å²) >= 11 is 12.6. The highest BCUT2D eigenvalue weighted by molar-refractivity contribution is 6.32. The van der Waals surface area contributed by atoms with Crippen molar-refractivity contribution < 1.29 is 19.1 Å². The van der Waals surface area contributed by atoms with E-state index in [1.165, 1.54) is 12.5 Å². The smallest absolute Gasteiger partial charge is 0.249 e. The Labute approximate surface area is 305 Å². The summed E-state index contributed by atoms with van der Waals surface area (Å²) in [6, 6.07) is 22.7. The van der Waals surface area contributed by atoms with Crippen LogP contribution in [-0.2, 0) is 27.2 Å². The van der Waals surface area contributed by atoms with Gasteiger partial charge in [0, 0.05) is 43.2 Å². The highest BCUT2D eigenvalue weighted by Gasteiger charge is 2.41. The average Bonchev–Trinajstić information content (AvgIpc) is 3.09. The molecule has 2 bridgehead atoms. The predicted octanol–water partition coefficient (Wildman–Crippen LogP) is 6.63. The number of halogens is 2. The van der Waals surface area contributed by atoms with Gasteiger partial charge in [-0.3, -0.25) is 14.4 Å². The van der Waals surface area contributed by atoms with E-state index in [2.05, 4.69) is 40.2 Å². The molecule has 50 heavy (non-hydrogen) atoms. The van der Waals surface area contributed by atoms with Gasteiger partial charge >= 0.3 is 0 Å². The fraction of sp³-hybridized carbons (Fsp3) is 0.425. The minimum atomic E-state index is -0.598. The number of hydrogen-bond donors (Lipinski definition) is 3. The number of amides is 3. The molecule has 0 unspecified atom stereocenters. The van der Waals surface area contributed by atoms with Crippen molar-refractivity contribution in [3.05, 3.63) is 105 Å². The number of nitrogens with one attached hydrogen (secondary N) is 3. The molecule has 0 radical (unpaired) electrons. The topological polar surface area (TPSA) is 99.8 Å². The number of carbonyl (C=O) groups excluding carboxylic acids is 3. The van der Waals surface area contributed by atoms with Crippen molar-refractivity contribution in [2.75, 3.05) is 26.2 Å². The fourth-order valence-electron chi connectivity index (χ4n) is 6.89. The maximum absolute atomic E-state index is 14.0. The third-order valence-electron chi connectivity index (χ3n) is 9.22. The van der Waals surface area contributed by atoms with E-state index in [1.54, 1.807) is 0 Å². The van der Waals surface area contributed by atoms with E-state index in [0.29, 0.717) is 55.4 Å². The van der Waals surface area contributed by atoms with Crippen molar-refractivity contribution in [3.63, 3.8) is 0 Å². The summed E-state index contributed by atoms with van der Waals surface area (Å²) < 4.78 is 5.86. The van der Waals surface area contributed by atoms with Crippen LogP contribution < -0.4 is 20.7 Å². The van der Waals surface area contributed by atoms with Gasteiger partial charge in [-0.1, -0.05) is 91.6 Å². The summed E-state index contributed by atoms with van der Waals surface area (Å²) in [6.07, 6.45) is 4.33. The third-order valence-corrected chi connectivity index (χ3v) is 9.90. The van der Waals surface area contributed by atoms with Gasteiger partial charge in [0.1, 0.15) is 11.8 Å². The van der Waals surface area contributed by atoms with E-state index in [1.807, 2.05) is 67.3 Å². The summed E-state index contributed by atoms with van der Waals surface area (Å²) in [6.45, 7) is 7.42. The van der Waals surface area contributed by atoms with E-state index >= 15 is 0 Å². The normalized spacial score (nSPS) is 17.8. The van der Waals surface area contributed by atoms with Gasteiger partial charge in [0.05, 0.1) is 17.7 Å². The molecule has 1 fully saturated rings. The van der Waals surface area contributed by atoms with E-state index in [9.17, 15) is 14.4 Å². The average molecular weight is 720 g/mol. The van der Waals surface area contributed by atoms with Crippen LogP contribution in [-0.4, -0.2) is 67.0 Å². The van der Waals surface area contributed by atoms with Crippen LogP contribution in [0.5, 0.6) is 5.75 Å². The molecule has 0 saturated carbocycles.